The molecule has 1 atom stereocenters. The first-order chi connectivity index (χ1) is 8.90. The Labute approximate surface area is 116 Å². The Morgan fingerprint density at radius 3 is 2.63 bits per heavy atom. The summed E-state index contributed by atoms with van der Waals surface area (Å²) in [5, 5.41) is 0. The lowest BCUT2D eigenvalue weighted by Gasteiger charge is -2.21. The molecule has 2 N–H and O–H groups in total. The molecule has 0 spiro atoms. The third-order valence-electron chi connectivity index (χ3n) is 3.52. The van der Waals surface area contributed by atoms with Gasteiger partial charge in [0.05, 0.1) is 6.42 Å². The van der Waals surface area contributed by atoms with Gasteiger partial charge in [0.1, 0.15) is 0 Å². The number of carbonyl (C=O) groups excluding carboxylic acids is 1. The quantitative estimate of drug-likeness (QED) is 0.855. The third-order valence-corrected chi connectivity index (χ3v) is 3.52. The van der Waals surface area contributed by atoms with E-state index in [9.17, 15) is 4.79 Å². The highest BCUT2D eigenvalue weighted by Gasteiger charge is 2.13. The summed E-state index contributed by atoms with van der Waals surface area (Å²) in [5.74, 6) is 0.613. The first kappa shape index (κ1) is 15.7. The summed E-state index contributed by atoms with van der Waals surface area (Å²) in [7, 11) is 1.85. The Kier molecular flexibility index (Phi) is 6.03. The fourth-order valence-electron chi connectivity index (χ4n) is 1.93. The van der Waals surface area contributed by atoms with Crippen molar-refractivity contribution in [2.24, 2.45) is 11.7 Å². The molecule has 0 radical (unpaired) electrons. The number of likely N-dealkylation sites (N-methyl/N-ethyl adjacent to an activating group) is 1. The van der Waals surface area contributed by atoms with Gasteiger partial charge in [-0.25, -0.2) is 0 Å². The molecule has 0 aliphatic carbocycles. The summed E-state index contributed by atoms with van der Waals surface area (Å²) in [6, 6.07) is 8.25. The van der Waals surface area contributed by atoms with Crippen molar-refractivity contribution in [2.45, 2.75) is 39.7 Å². The Morgan fingerprint density at radius 1 is 1.37 bits per heavy atom. The van der Waals surface area contributed by atoms with Crippen LogP contribution in [0.5, 0.6) is 0 Å². The molecule has 1 rings (SSSR count). The van der Waals surface area contributed by atoms with E-state index in [2.05, 4.69) is 19.9 Å². The van der Waals surface area contributed by atoms with Gasteiger partial charge >= 0.3 is 0 Å². The Morgan fingerprint density at radius 2 is 2.05 bits per heavy atom. The van der Waals surface area contributed by atoms with Crippen molar-refractivity contribution < 1.29 is 4.79 Å². The normalized spacial score (nSPS) is 12.5. The molecule has 0 aromatic heterocycles. The van der Waals surface area contributed by atoms with E-state index in [1.54, 1.807) is 4.90 Å². The van der Waals surface area contributed by atoms with Gasteiger partial charge in [-0.3, -0.25) is 4.79 Å². The van der Waals surface area contributed by atoms with Crippen LogP contribution in [0, 0.1) is 12.8 Å². The van der Waals surface area contributed by atoms with E-state index < -0.39 is 0 Å². The van der Waals surface area contributed by atoms with Crippen LogP contribution in [-0.2, 0) is 11.2 Å². The Hall–Kier alpha value is -1.35. The molecule has 0 fully saturated rings. The van der Waals surface area contributed by atoms with Gasteiger partial charge in [0.15, 0.2) is 0 Å². The van der Waals surface area contributed by atoms with Crippen LogP contribution in [0.2, 0.25) is 0 Å². The Balaban J connectivity index is 2.45. The first-order valence-electron chi connectivity index (χ1n) is 6.95. The molecule has 106 valence electrons. The van der Waals surface area contributed by atoms with Crippen LogP contribution < -0.4 is 5.73 Å². The highest BCUT2D eigenvalue weighted by molar-refractivity contribution is 5.78. The van der Waals surface area contributed by atoms with Crippen LogP contribution in [0.3, 0.4) is 0 Å². The standard InChI is InChI=1S/C16H26N2O/c1-12(2)15(17)8-9-18(4)16(19)11-14-7-5-6-13(3)10-14/h5-7,10,12,15H,8-9,11,17H2,1-4H3/t15-/m0/s1. The summed E-state index contributed by atoms with van der Waals surface area (Å²) >= 11 is 0. The minimum absolute atomic E-state index is 0.154. The largest absolute Gasteiger partial charge is 0.345 e. The zero-order valence-corrected chi connectivity index (χ0v) is 12.5. The predicted molar refractivity (Wildman–Crippen MR) is 80.0 cm³/mol. The second kappa shape index (κ2) is 7.29. The number of hydrogen-bond donors (Lipinski definition) is 1. The van der Waals surface area contributed by atoms with E-state index in [1.807, 2.05) is 32.2 Å². The van der Waals surface area contributed by atoms with E-state index in [-0.39, 0.29) is 11.9 Å². The van der Waals surface area contributed by atoms with E-state index in [1.165, 1.54) is 5.56 Å². The second-order valence-electron chi connectivity index (χ2n) is 5.68. The van der Waals surface area contributed by atoms with Gasteiger partial charge in [-0.15, -0.1) is 0 Å². The minimum atomic E-state index is 0.154. The van der Waals surface area contributed by atoms with Crippen LogP contribution in [0.15, 0.2) is 24.3 Å². The maximum absolute atomic E-state index is 12.1. The van der Waals surface area contributed by atoms with Crippen molar-refractivity contribution in [1.29, 1.82) is 0 Å². The number of aryl methyl sites for hydroxylation is 1. The molecule has 3 nitrogen and oxygen atoms in total. The van der Waals surface area contributed by atoms with Gasteiger partial charge in [0, 0.05) is 19.6 Å². The second-order valence-corrected chi connectivity index (χ2v) is 5.68. The van der Waals surface area contributed by atoms with Crippen LogP contribution in [0.1, 0.15) is 31.4 Å². The lowest BCUT2D eigenvalue weighted by Crippen LogP contribution is -2.35. The van der Waals surface area contributed by atoms with Crippen LogP contribution in [0.4, 0.5) is 0 Å². The van der Waals surface area contributed by atoms with Crippen LogP contribution >= 0.6 is 0 Å². The molecule has 0 saturated heterocycles. The molecule has 1 amide bonds. The zero-order valence-electron chi connectivity index (χ0n) is 12.5. The lowest BCUT2D eigenvalue weighted by atomic mass is 10.0. The van der Waals surface area contributed by atoms with Crippen LogP contribution in [-0.4, -0.2) is 30.4 Å². The number of nitrogens with two attached hydrogens (primary N) is 1. The van der Waals surface area contributed by atoms with Gasteiger partial charge in [-0.1, -0.05) is 43.7 Å². The fourth-order valence-corrected chi connectivity index (χ4v) is 1.93. The fraction of sp³-hybridized carbons (Fsp3) is 0.562. The summed E-state index contributed by atoms with van der Waals surface area (Å²) < 4.78 is 0. The molecule has 19 heavy (non-hydrogen) atoms. The van der Waals surface area contributed by atoms with Gasteiger partial charge in [0.2, 0.25) is 5.91 Å². The maximum atomic E-state index is 12.1. The molecule has 1 aromatic rings. The van der Waals surface area contributed by atoms with Crippen molar-refractivity contribution in [3.05, 3.63) is 35.4 Å². The van der Waals surface area contributed by atoms with Crippen molar-refractivity contribution in [3.63, 3.8) is 0 Å². The predicted octanol–water partition coefficient (Wildman–Crippen LogP) is 2.37. The summed E-state index contributed by atoms with van der Waals surface area (Å²) in [6.45, 7) is 6.99. The summed E-state index contributed by atoms with van der Waals surface area (Å²) in [4.78, 5) is 13.9. The molecule has 0 aliphatic rings. The minimum Gasteiger partial charge on any atom is -0.345 e. The number of nitrogens with zero attached hydrogens (tertiary/aromatic N) is 1. The number of carbonyl (C=O) groups is 1. The molecule has 3 heteroatoms. The van der Waals surface area contributed by atoms with Crippen molar-refractivity contribution >= 4 is 5.91 Å². The molecule has 0 unspecified atom stereocenters. The number of hydrogen-bond acceptors (Lipinski definition) is 2. The maximum Gasteiger partial charge on any atom is 0.226 e. The molecular formula is C16H26N2O. The molecule has 1 aromatic carbocycles. The molecule has 0 heterocycles. The van der Waals surface area contributed by atoms with Crippen LogP contribution in [0.25, 0.3) is 0 Å². The molecule has 0 bridgehead atoms. The topological polar surface area (TPSA) is 46.3 Å². The monoisotopic (exact) mass is 262 g/mol. The van der Waals surface area contributed by atoms with Crippen molar-refractivity contribution in [2.75, 3.05) is 13.6 Å². The van der Waals surface area contributed by atoms with Gasteiger partial charge in [-0.05, 0) is 24.8 Å². The smallest absolute Gasteiger partial charge is 0.226 e. The van der Waals surface area contributed by atoms with E-state index >= 15 is 0 Å². The van der Waals surface area contributed by atoms with Gasteiger partial charge < -0.3 is 10.6 Å². The molecular weight excluding hydrogens is 236 g/mol. The lowest BCUT2D eigenvalue weighted by molar-refractivity contribution is -0.129. The SMILES string of the molecule is Cc1cccc(CC(=O)N(C)CC[C@H](N)C(C)C)c1. The van der Waals surface area contributed by atoms with E-state index in [0.717, 1.165) is 18.5 Å². The number of amides is 1. The number of rotatable bonds is 6. The van der Waals surface area contributed by atoms with Gasteiger partial charge in [0.25, 0.3) is 0 Å². The molecule has 0 saturated carbocycles. The summed E-state index contributed by atoms with van der Waals surface area (Å²) in [6.07, 6.45) is 1.32. The van der Waals surface area contributed by atoms with E-state index in [0.29, 0.717) is 12.3 Å². The average molecular weight is 262 g/mol. The van der Waals surface area contributed by atoms with Crippen molar-refractivity contribution in [1.82, 2.24) is 4.90 Å². The Bertz CT molecular complexity index is 415. The molecule has 0 aliphatic heterocycles. The van der Waals surface area contributed by atoms with E-state index in [4.69, 9.17) is 5.73 Å². The van der Waals surface area contributed by atoms with Crippen molar-refractivity contribution in [3.8, 4) is 0 Å². The summed E-state index contributed by atoms with van der Waals surface area (Å²) in [5.41, 5.74) is 8.26. The highest BCUT2D eigenvalue weighted by atomic mass is 16.2. The third kappa shape index (κ3) is 5.43. The average Bonchev–Trinajstić information content (AvgIpc) is 2.35. The highest BCUT2D eigenvalue weighted by Crippen LogP contribution is 2.08. The zero-order chi connectivity index (χ0) is 14.4. The van der Waals surface area contributed by atoms with Gasteiger partial charge in [-0.2, -0.15) is 0 Å². The first-order valence-corrected chi connectivity index (χ1v) is 6.95. The number of benzene rings is 1.